The lowest BCUT2D eigenvalue weighted by Crippen LogP contribution is -2.58. The predicted octanol–water partition coefficient (Wildman–Crippen LogP) is 26.2. The lowest BCUT2D eigenvalue weighted by molar-refractivity contribution is 0.487. The Kier molecular flexibility index (Phi) is 17.6. The average molecular weight is 1830 g/mol. The number of rotatable bonds is 9. The molecule has 0 amide bonds. The Bertz CT molecular complexity index is 9940. The van der Waals surface area contributed by atoms with Gasteiger partial charge in [0.2, 0.25) is 0 Å². The van der Waals surface area contributed by atoms with Crippen molar-refractivity contribution < 1.29 is 14.2 Å². The molecule has 13 heteroatoms. The largest absolute Gasteiger partial charge is 0.458 e. The topological polar surface area (TPSA) is 62.2 Å². The molecule has 0 aliphatic carbocycles. The van der Waals surface area contributed by atoms with E-state index in [2.05, 4.69) is 486 Å². The number of ether oxygens (including phenoxy) is 3. The van der Waals surface area contributed by atoms with E-state index in [-0.39, 0.29) is 20.1 Å². The van der Waals surface area contributed by atoms with Gasteiger partial charge in [0.25, 0.3) is 20.1 Å². The van der Waals surface area contributed by atoms with Crippen LogP contribution in [0.4, 0.5) is 0 Å². The standard InChI is InChI=1S/C48H32BN3O.C42H31BN2O.C40H27BN2O/c1-29-46(42-26-31-13-3-7-21-39(31)50(42)2)36-18-12-20-38-48(36)51(29)43-27-32(28-45-47(43)49(38)37-19-6-10-24-44(37)53-45)30-14-11-15-33(25-30)52-40-22-8-4-16-34(40)35-17-5-9-23-41(35)52;1-3-29-31-16-12-18-34-42(31)45(35(29)4-2)38-24-27(25-40-41(38)43(34)33-17-9-11-20-39(33)46-40)26-21-22-37-32(23-26)30-15-8-10-19-36(30)44(37)28-13-6-5-7-14-28;1-24-25(2)42-36-21-10-22-37-38(36)41(32-17-8-15-28(24)39(32)42)33-18-9-16-29(40(33)44-37)26-11-7-12-27(23-26)43-34-19-5-3-13-30(34)31-14-4-6-20-35(31)43/h3-28H,1-2H3;5-25H,3-4H2,1-2H3;3-23H,1-2H3. The number of aromatic nitrogens is 7. The minimum absolute atomic E-state index is 0.0637. The second kappa shape index (κ2) is 30.9. The van der Waals surface area contributed by atoms with Crippen molar-refractivity contribution in [3.8, 4) is 113 Å². The summed E-state index contributed by atoms with van der Waals surface area (Å²) in [5, 5.41) is 12.8. The van der Waals surface area contributed by atoms with E-state index in [1.807, 2.05) is 0 Å². The molecular formula is C130H90B3N7O3. The fraction of sp³-hybridized carbons (Fsp3) is 0.0615. The molecule has 0 atom stereocenters. The molecule has 143 heavy (non-hydrogen) atoms. The molecule has 7 aromatic heterocycles. The van der Waals surface area contributed by atoms with Crippen LogP contribution in [0.5, 0.6) is 34.5 Å². The van der Waals surface area contributed by atoms with Crippen molar-refractivity contribution in [1.29, 1.82) is 0 Å². The van der Waals surface area contributed by atoms with E-state index < -0.39 is 0 Å². The number of benzene rings is 19. The molecular weight excluding hydrogens is 1740 g/mol. The zero-order chi connectivity index (χ0) is 94.6. The highest BCUT2D eigenvalue weighted by Gasteiger charge is 2.46. The van der Waals surface area contributed by atoms with Crippen LogP contribution in [0.3, 0.4) is 0 Å². The molecule has 13 heterocycles. The van der Waals surface area contributed by atoms with Crippen LogP contribution in [0, 0.1) is 20.8 Å². The summed E-state index contributed by atoms with van der Waals surface area (Å²) in [6, 6.07) is 150. The van der Waals surface area contributed by atoms with Crippen LogP contribution < -0.4 is 63.4 Å². The van der Waals surface area contributed by atoms with Gasteiger partial charge in [0.15, 0.2) is 0 Å². The Labute approximate surface area is 827 Å². The van der Waals surface area contributed by atoms with Crippen LogP contribution in [0.2, 0.25) is 0 Å². The minimum Gasteiger partial charge on any atom is -0.458 e. The van der Waals surface area contributed by atoms with Crippen molar-refractivity contribution >= 4 is 178 Å². The molecule has 26 aromatic rings. The molecule has 0 saturated carbocycles. The first-order valence-corrected chi connectivity index (χ1v) is 50.1. The van der Waals surface area contributed by atoms with E-state index in [0.29, 0.717) is 0 Å². The Hall–Kier alpha value is -17.7. The van der Waals surface area contributed by atoms with E-state index in [4.69, 9.17) is 14.2 Å². The first-order chi connectivity index (χ1) is 70.6. The lowest BCUT2D eigenvalue weighted by atomic mass is 9.34. The van der Waals surface area contributed by atoms with Crippen LogP contribution in [0.15, 0.2) is 413 Å². The third kappa shape index (κ3) is 11.6. The minimum atomic E-state index is 0.0637. The highest BCUT2D eigenvalue weighted by atomic mass is 16.5. The molecule has 0 spiro atoms. The van der Waals surface area contributed by atoms with Crippen LogP contribution in [-0.4, -0.2) is 52.1 Å². The van der Waals surface area contributed by atoms with Gasteiger partial charge < -0.3 is 46.2 Å². The number of hydrogen-bond acceptors (Lipinski definition) is 3. The number of fused-ring (bicyclic) bond motifs is 22. The van der Waals surface area contributed by atoms with Gasteiger partial charge in [0.05, 0.1) is 38.8 Å². The fourth-order valence-corrected chi connectivity index (χ4v) is 26.2. The predicted molar refractivity (Wildman–Crippen MR) is 598 cm³/mol. The summed E-state index contributed by atoms with van der Waals surface area (Å²) < 4.78 is 37.6. The Balaban J connectivity index is 0.000000101. The summed E-state index contributed by atoms with van der Waals surface area (Å²) in [7, 11) is 2.19. The van der Waals surface area contributed by atoms with Gasteiger partial charge in [-0.3, -0.25) is 0 Å². The normalized spacial score (nSPS) is 12.9. The smallest absolute Gasteiger partial charge is 0.256 e. The molecule has 0 bridgehead atoms. The molecule has 0 radical (unpaired) electrons. The van der Waals surface area contributed by atoms with Gasteiger partial charge in [-0.1, -0.05) is 287 Å². The van der Waals surface area contributed by atoms with Crippen molar-refractivity contribution in [2.24, 2.45) is 7.05 Å². The first kappa shape index (κ1) is 81.3. The zero-order valence-corrected chi connectivity index (χ0v) is 79.8. The molecule has 0 fully saturated rings. The molecule has 32 rings (SSSR count). The summed E-state index contributed by atoms with van der Waals surface area (Å²) in [5.74, 6) is 5.65. The van der Waals surface area contributed by atoms with Gasteiger partial charge in [0.1, 0.15) is 34.5 Å². The highest BCUT2D eigenvalue weighted by Crippen LogP contribution is 2.49. The zero-order valence-electron chi connectivity index (χ0n) is 79.8. The van der Waals surface area contributed by atoms with Gasteiger partial charge in [-0.05, 0) is 261 Å². The van der Waals surface area contributed by atoms with Gasteiger partial charge in [-0.2, -0.15) is 0 Å². The van der Waals surface area contributed by atoms with Crippen LogP contribution in [0.25, 0.3) is 188 Å². The van der Waals surface area contributed by atoms with Gasteiger partial charge in [-0.25, -0.2) is 0 Å². The number of aryl methyl sites for hydroxylation is 3. The average Bonchev–Trinajstić information content (AvgIpc) is 1.74. The van der Waals surface area contributed by atoms with Crippen LogP contribution >= 0.6 is 0 Å². The van der Waals surface area contributed by atoms with E-state index in [1.165, 1.54) is 232 Å². The van der Waals surface area contributed by atoms with E-state index >= 15 is 0 Å². The molecule has 10 nitrogen and oxygen atoms in total. The summed E-state index contributed by atoms with van der Waals surface area (Å²) >= 11 is 0. The second-order valence-electron chi connectivity index (χ2n) is 39.4. The van der Waals surface area contributed by atoms with Crippen molar-refractivity contribution in [3.63, 3.8) is 0 Å². The fourth-order valence-electron chi connectivity index (χ4n) is 26.2. The maximum Gasteiger partial charge on any atom is 0.256 e. The Morgan fingerprint density at radius 2 is 0.671 bits per heavy atom. The lowest BCUT2D eigenvalue weighted by Gasteiger charge is -2.34. The molecule has 0 N–H and O–H groups in total. The van der Waals surface area contributed by atoms with Gasteiger partial charge in [0, 0.05) is 145 Å². The van der Waals surface area contributed by atoms with Crippen molar-refractivity contribution in [1.82, 2.24) is 32.0 Å². The first-order valence-electron chi connectivity index (χ1n) is 50.1. The molecule has 19 aromatic carbocycles. The quantitative estimate of drug-likeness (QED) is 0.135. The van der Waals surface area contributed by atoms with Crippen LogP contribution in [0.1, 0.15) is 42.1 Å². The van der Waals surface area contributed by atoms with Crippen molar-refractivity contribution in [2.75, 3.05) is 0 Å². The second-order valence-corrected chi connectivity index (χ2v) is 39.4. The Morgan fingerprint density at radius 3 is 1.27 bits per heavy atom. The summed E-state index contributed by atoms with van der Waals surface area (Å²) in [5.41, 5.74) is 47.2. The van der Waals surface area contributed by atoms with Gasteiger partial charge >= 0.3 is 0 Å². The highest BCUT2D eigenvalue weighted by molar-refractivity contribution is 7.01. The number of nitrogens with zero attached hydrogens (tertiary/aromatic N) is 7. The number of para-hydroxylation sites is 13. The molecule has 672 valence electrons. The monoisotopic (exact) mass is 1830 g/mol. The van der Waals surface area contributed by atoms with Crippen LogP contribution in [-0.2, 0) is 19.9 Å². The molecule has 0 saturated heterocycles. The van der Waals surface area contributed by atoms with E-state index in [1.54, 1.807) is 0 Å². The summed E-state index contributed by atoms with van der Waals surface area (Å²) in [4.78, 5) is 0. The summed E-state index contributed by atoms with van der Waals surface area (Å²) in [6.45, 7) is 11.7. The van der Waals surface area contributed by atoms with Crippen molar-refractivity contribution in [3.05, 3.63) is 441 Å². The van der Waals surface area contributed by atoms with Crippen molar-refractivity contribution in [2.45, 2.75) is 47.5 Å². The molecule has 6 aliphatic rings. The molecule has 6 aliphatic heterocycles. The maximum absolute atomic E-state index is 6.92. The Morgan fingerprint density at radius 1 is 0.252 bits per heavy atom. The number of hydrogen-bond donors (Lipinski definition) is 0. The molecule has 0 unspecified atom stereocenters. The van der Waals surface area contributed by atoms with E-state index in [9.17, 15) is 0 Å². The van der Waals surface area contributed by atoms with Gasteiger partial charge in [-0.15, -0.1) is 0 Å². The summed E-state index contributed by atoms with van der Waals surface area (Å²) in [6.07, 6.45) is 1.99. The maximum atomic E-state index is 6.92. The van der Waals surface area contributed by atoms with E-state index in [0.717, 1.165) is 81.0 Å². The third-order valence-electron chi connectivity index (χ3n) is 32.3. The third-order valence-corrected chi connectivity index (χ3v) is 32.3. The SMILES string of the molecule is CCc1c(CC)n2c3c(cccc13)B1c3ccccc3Oc3cc(-c4ccc5c(c4)c4ccccc4n5-c4ccccc4)cc-2c31.Cc1c(-c2cc3ccccc3n2C)c2cccc3c2n1-c1cc(-c2cccc(-n4c5ccccc5c5ccccc54)c2)cc2c1B3c1ccccc1O2.Cc1c(C)n2c3c(cccc13)B1c3cccc(-c4cccc(-n5c6ccccc6c6ccccc65)c4)c3Oc3cccc-2c31.